The summed E-state index contributed by atoms with van der Waals surface area (Å²) in [7, 11) is 1.68. The minimum absolute atomic E-state index is 0.672. The summed E-state index contributed by atoms with van der Waals surface area (Å²) >= 11 is 0. The molecule has 1 rings (SSSR count). The summed E-state index contributed by atoms with van der Waals surface area (Å²) in [6.45, 7) is 5.11. The monoisotopic (exact) mass is 241 g/mol. The molecule has 0 aliphatic rings. The molecule has 1 heterocycles. The van der Waals surface area contributed by atoms with Gasteiger partial charge in [0.25, 0.3) is 0 Å². The van der Waals surface area contributed by atoms with Crippen molar-refractivity contribution in [2.24, 2.45) is 0 Å². The zero-order valence-corrected chi connectivity index (χ0v) is 10.6. The Morgan fingerprint density at radius 1 is 1.18 bits per heavy atom. The molecule has 0 saturated heterocycles. The highest BCUT2D eigenvalue weighted by atomic mass is 16.5. The molecule has 1 N–H and O–H groups in total. The average molecular weight is 241 g/mol. The number of methoxy groups -OCH3 is 1. The van der Waals surface area contributed by atoms with Crippen LogP contribution in [0, 0.1) is 0 Å². The zero-order chi connectivity index (χ0) is 12.2. The lowest BCUT2D eigenvalue weighted by Crippen LogP contribution is -2.21. The van der Waals surface area contributed by atoms with E-state index in [2.05, 4.69) is 14.9 Å². The first-order valence-corrected chi connectivity index (χ1v) is 6.16. The van der Waals surface area contributed by atoms with Gasteiger partial charge in [0.05, 0.1) is 26.1 Å². The minimum atomic E-state index is 0.672. The molecule has 0 radical (unpaired) electrons. The van der Waals surface area contributed by atoms with E-state index < -0.39 is 0 Å². The third-order valence-corrected chi connectivity index (χ3v) is 2.43. The Bertz CT molecular complexity index is 252. The van der Waals surface area contributed by atoms with Crippen molar-refractivity contribution in [3.8, 4) is 0 Å². The quantitative estimate of drug-likeness (QED) is 0.585. The van der Waals surface area contributed by atoms with Gasteiger partial charge in [0.2, 0.25) is 0 Å². The Hall–Kier alpha value is -0.910. The molecule has 5 nitrogen and oxygen atoms in total. The number of nitrogens with zero attached hydrogens (tertiary/aromatic N) is 2. The van der Waals surface area contributed by atoms with E-state index in [1.54, 1.807) is 7.11 Å². The number of aromatic nitrogens is 2. The molecule has 0 atom stereocenters. The summed E-state index contributed by atoms with van der Waals surface area (Å²) in [6, 6.07) is 0. The molecule has 98 valence electrons. The van der Waals surface area contributed by atoms with Crippen LogP contribution in [0.5, 0.6) is 0 Å². The Balaban J connectivity index is 1.76. The van der Waals surface area contributed by atoms with Crippen LogP contribution in [0.4, 0.5) is 0 Å². The van der Waals surface area contributed by atoms with Crippen LogP contribution in [0.3, 0.4) is 0 Å². The molecule has 0 unspecified atom stereocenters. The predicted molar refractivity (Wildman–Crippen MR) is 67.0 cm³/mol. The Morgan fingerprint density at radius 3 is 2.88 bits per heavy atom. The van der Waals surface area contributed by atoms with Crippen LogP contribution in [-0.2, 0) is 16.0 Å². The van der Waals surface area contributed by atoms with E-state index in [0.29, 0.717) is 13.2 Å². The van der Waals surface area contributed by atoms with Gasteiger partial charge in [-0.25, -0.2) is 4.98 Å². The largest absolute Gasteiger partial charge is 0.382 e. The van der Waals surface area contributed by atoms with Crippen molar-refractivity contribution >= 4 is 0 Å². The van der Waals surface area contributed by atoms with Gasteiger partial charge in [-0.3, -0.25) is 0 Å². The van der Waals surface area contributed by atoms with Gasteiger partial charge in [-0.05, 0) is 19.4 Å². The lowest BCUT2D eigenvalue weighted by Gasteiger charge is -2.06. The SMILES string of the molecule is COCCOCCNCCCCn1ccnc1. The fraction of sp³-hybridized carbons (Fsp3) is 0.750. The smallest absolute Gasteiger partial charge is 0.0945 e. The van der Waals surface area contributed by atoms with E-state index in [1.165, 1.54) is 12.8 Å². The maximum Gasteiger partial charge on any atom is 0.0945 e. The predicted octanol–water partition coefficient (Wildman–Crippen LogP) is 0.916. The van der Waals surface area contributed by atoms with E-state index in [1.807, 2.05) is 18.7 Å². The fourth-order valence-electron chi connectivity index (χ4n) is 1.48. The van der Waals surface area contributed by atoms with E-state index in [-0.39, 0.29) is 0 Å². The van der Waals surface area contributed by atoms with E-state index >= 15 is 0 Å². The summed E-state index contributed by atoms with van der Waals surface area (Å²) in [6.07, 6.45) is 8.02. The number of hydrogen-bond acceptors (Lipinski definition) is 4. The highest BCUT2D eigenvalue weighted by Crippen LogP contribution is 1.93. The number of imidazole rings is 1. The van der Waals surface area contributed by atoms with Crippen LogP contribution >= 0.6 is 0 Å². The number of hydrogen-bond donors (Lipinski definition) is 1. The highest BCUT2D eigenvalue weighted by Gasteiger charge is 1.92. The molecular formula is C12H23N3O2. The molecule has 0 saturated carbocycles. The van der Waals surface area contributed by atoms with Crippen molar-refractivity contribution in [2.75, 3.05) is 40.0 Å². The molecule has 1 aromatic rings. The van der Waals surface area contributed by atoms with Crippen molar-refractivity contribution in [2.45, 2.75) is 19.4 Å². The zero-order valence-electron chi connectivity index (χ0n) is 10.6. The Kier molecular flexibility index (Phi) is 8.54. The van der Waals surface area contributed by atoms with Crippen molar-refractivity contribution in [1.29, 1.82) is 0 Å². The van der Waals surface area contributed by atoms with Crippen LogP contribution in [0.1, 0.15) is 12.8 Å². The van der Waals surface area contributed by atoms with Gasteiger partial charge < -0.3 is 19.4 Å². The topological polar surface area (TPSA) is 48.3 Å². The van der Waals surface area contributed by atoms with Crippen LogP contribution in [0.15, 0.2) is 18.7 Å². The summed E-state index contributed by atoms with van der Waals surface area (Å²) in [4.78, 5) is 4.01. The van der Waals surface area contributed by atoms with Crippen molar-refractivity contribution in [1.82, 2.24) is 14.9 Å². The lowest BCUT2D eigenvalue weighted by atomic mass is 10.3. The number of aryl methyl sites for hydroxylation is 1. The summed E-state index contributed by atoms with van der Waals surface area (Å²) in [5, 5.41) is 3.35. The molecule has 17 heavy (non-hydrogen) atoms. The normalized spacial score (nSPS) is 10.9. The third-order valence-electron chi connectivity index (χ3n) is 2.43. The molecule has 0 fully saturated rings. The van der Waals surface area contributed by atoms with Crippen LogP contribution in [-0.4, -0.2) is 49.6 Å². The van der Waals surface area contributed by atoms with Gasteiger partial charge in [0.15, 0.2) is 0 Å². The molecular weight excluding hydrogens is 218 g/mol. The molecule has 1 aromatic heterocycles. The number of ether oxygens (including phenoxy) is 2. The van der Waals surface area contributed by atoms with Gasteiger partial charge in [0.1, 0.15) is 0 Å². The maximum absolute atomic E-state index is 5.34. The molecule has 0 spiro atoms. The standard InChI is InChI=1S/C12H23N3O2/c1-16-10-11-17-9-6-13-4-2-3-7-15-8-5-14-12-15/h5,8,12-13H,2-4,6-7,9-11H2,1H3. The minimum Gasteiger partial charge on any atom is -0.382 e. The summed E-state index contributed by atoms with van der Waals surface area (Å²) < 4.78 is 12.3. The van der Waals surface area contributed by atoms with E-state index in [9.17, 15) is 0 Å². The van der Waals surface area contributed by atoms with Crippen LogP contribution < -0.4 is 5.32 Å². The highest BCUT2D eigenvalue weighted by molar-refractivity contribution is 4.73. The third kappa shape index (κ3) is 7.90. The van der Waals surface area contributed by atoms with E-state index in [0.717, 1.165) is 26.2 Å². The van der Waals surface area contributed by atoms with Gasteiger partial charge >= 0.3 is 0 Å². The molecule has 0 aromatic carbocycles. The Morgan fingerprint density at radius 2 is 2.12 bits per heavy atom. The maximum atomic E-state index is 5.34. The second kappa shape index (κ2) is 10.3. The van der Waals surface area contributed by atoms with Crippen LogP contribution in [0.25, 0.3) is 0 Å². The van der Waals surface area contributed by atoms with Gasteiger partial charge in [-0.15, -0.1) is 0 Å². The van der Waals surface area contributed by atoms with Gasteiger partial charge in [0, 0.05) is 32.6 Å². The molecule has 5 heteroatoms. The van der Waals surface area contributed by atoms with E-state index in [4.69, 9.17) is 9.47 Å². The fourth-order valence-corrected chi connectivity index (χ4v) is 1.48. The van der Waals surface area contributed by atoms with Crippen molar-refractivity contribution in [3.05, 3.63) is 18.7 Å². The summed E-state index contributed by atoms with van der Waals surface area (Å²) in [5.74, 6) is 0. The second-order valence-electron chi connectivity index (χ2n) is 3.86. The van der Waals surface area contributed by atoms with Crippen molar-refractivity contribution < 1.29 is 9.47 Å². The van der Waals surface area contributed by atoms with Gasteiger partial charge in [-0.2, -0.15) is 0 Å². The average Bonchev–Trinajstić information content (AvgIpc) is 2.85. The molecule has 0 aliphatic carbocycles. The molecule has 0 bridgehead atoms. The van der Waals surface area contributed by atoms with Crippen LogP contribution in [0.2, 0.25) is 0 Å². The first kappa shape index (κ1) is 14.2. The first-order chi connectivity index (χ1) is 8.43. The van der Waals surface area contributed by atoms with Crippen molar-refractivity contribution in [3.63, 3.8) is 0 Å². The number of nitrogens with one attached hydrogen (secondary N) is 1. The molecule has 0 amide bonds. The number of unbranched alkanes of at least 4 members (excludes halogenated alkanes) is 1. The summed E-state index contributed by atoms with van der Waals surface area (Å²) in [5.41, 5.74) is 0. The molecule has 0 aliphatic heterocycles. The van der Waals surface area contributed by atoms with Gasteiger partial charge in [-0.1, -0.05) is 0 Å². The Labute approximate surface area is 103 Å². The lowest BCUT2D eigenvalue weighted by molar-refractivity contribution is 0.0720. The second-order valence-corrected chi connectivity index (χ2v) is 3.86. The number of rotatable bonds is 11. The first-order valence-electron chi connectivity index (χ1n) is 6.16.